The van der Waals surface area contributed by atoms with E-state index in [-0.39, 0.29) is 238 Å². The molecule has 0 aliphatic rings. The van der Waals surface area contributed by atoms with Gasteiger partial charge < -0.3 is 24.2 Å². The fraction of sp³-hybridized carbons (Fsp3) is 0.0833. The van der Waals surface area contributed by atoms with Crippen molar-refractivity contribution >= 4 is 89.2 Å². The molecule has 7 aromatic carbocycles. The van der Waals surface area contributed by atoms with Crippen molar-refractivity contribution < 1.29 is 301 Å². The molecular weight excluding hydrogens is 1840 g/mol. The van der Waals surface area contributed by atoms with Gasteiger partial charge in [0.05, 0.1) is 4.88 Å². The zero-order valence-electron chi connectivity index (χ0n) is 45.1. The Morgan fingerprint density at radius 3 is 0.890 bits per heavy atom. The van der Waals surface area contributed by atoms with Crippen LogP contribution in [0.25, 0.3) is 32.3 Å². The van der Waals surface area contributed by atoms with Crippen molar-refractivity contribution in [2.45, 2.75) is 30.9 Å². The maximum Gasteiger partial charge on any atom is 0.494 e. The Morgan fingerprint density at radius 2 is 0.615 bits per heavy atom. The summed E-state index contributed by atoms with van der Waals surface area (Å²) < 4.78 is 185. The maximum absolute atomic E-state index is 12.5. The van der Waals surface area contributed by atoms with E-state index in [4.69, 9.17) is 20.4 Å². The second kappa shape index (κ2) is 40.2. The number of ketones is 5. The summed E-state index contributed by atoms with van der Waals surface area (Å²) in [6.07, 6.45) is -23.1. The van der Waals surface area contributed by atoms with Crippen molar-refractivity contribution in [3.63, 3.8) is 0 Å². The van der Waals surface area contributed by atoms with Crippen LogP contribution in [0.3, 0.4) is 0 Å². The molecule has 8 aromatic rings. The molecule has 0 bridgehead atoms. The number of allylic oxidation sites excluding steroid dienone is 10. The summed E-state index contributed by atoms with van der Waals surface area (Å²) in [5.41, 5.74) is 0.461. The number of carbonyl (C=O) groups excluding carboxylic acids is 5. The van der Waals surface area contributed by atoms with E-state index in [1.54, 1.807) is 72.1 Å². The van der Waals surface area contributed by atoms with E-state index in [0.717, 1.165) is 43.7 Å². The molecule has 0 saturated carbocycles. The van der Waals surface area contributed by atoms with Gasteiger partial charge in [0.2, 0.25) is 23.0 Å². The van der Waals surface area contributed by atoms with Gasteiger partial charge in [-0.3, -0.25) is 24.0 Å². The minimum absolute atomic E-state index is 0. The molecule has 0 saturated heterocycles. The Hall–Kier alpha value is -3.41. The number of thiophene rings is 1. The third-order valence-corrected chi connectivity index (χ3v) is 12.0. The molecule has 5 radical (unpaired) electrons. The number of fused-ring (bicyclic) bond motifs is 3. The van der Waals surface area contributed by atoms with Gasteiger partial charge in [0.25, 0.3) is 0 Å². The number of aliphatic hydroxyl groups is 4. The molecule has 0 amide bonds. The molecule has 91 heavy (non-hydrogen) atoms. The molecular formula is C60H39AlEu3F15O10STb. The number of alkyl halides is 15. The van der Waals surface area contributed by atoms with Crippen LogP contribution in [0.15, 0.2) is 234 Å². The van der Waals surface area contributed by atoms with Crippen molar-refractivity contribution in [1.29, 1.82) is 0 Å². The van der Waals surface area contributed by atoms with Gasteiger partial charge in [-0.1, -0.05) is 146 Å². The molecule has 483 valence electrons. The number of rotatable bonds is 11. The number of hydrogen-bond donors (Lipinski definition) is 4. The molecule has 0 fully saturated rings. The van der Waals surface area contributed by atoms with Gasteiger partial charge in [-0.15, -0.1) is 11.3 Å². The van der Waals surface area contributed by atoms with Crippen molar-refractivity contribution in [3.05, 3.63) is 262 Å². The van der Waals surface area contributed by atoms with E-state index in [1.165, 1.54) is 66.7 Å². The Balaban J connectivity index is 0.00000111. The summed E-state index contributed by atoms with van der Waals surface area (Å²) in [7, 11) is 0. The van der Waals surface area contributed by atoms with Crippen LogP contribution in [0, 0.1) is 187 Å². The van der Waals surface area contributed by atoms with Crippen LogP contribution in [0.4, 0.5) is 65.9 Å². The molecule has 10 nitrogen and oxygen atoms in total. The van der Waals surface area contributed by atoms with Gasteiger partial charge in [-0.2, -0.15) is 65.9 Å². The second-order valence-electron chi connectivity index (χ2n) is 17.1. The van der Waals surface area contributed by atoms with Crippen molar-refractivity contribution in [2.75, 3.05) is 0 Å². The van der Waals surface area contributed by atoms with Gasteiger partial charge in [0.1, 0.15) is 0 Å². The summed E-state index contributed by atoms with van der Waals surface area (Å²) in [5.74, 6) is -13.1. The first kappa shape index (κ1) is 87.6. The van der Waals surface area contributed by atoms with Crippen LogP contribution in [0.1, 0.15) is 51.1 Å². The standard InChI is InChI=1S/3C14H9F3O2.C10H7F3O2.C8H5F3O2S.Al.3Eu.Tb.H/c3*15-14(16,17)13(19)8-12(18)11-6-5-9-3-1-2-4-10(9)7-11;11-10(12,13)9(15)6-8(14)7-4-2-1-3-5-7;9-8(10,11)7(13)4-5(12)6-2-1-3-14-6;;;;;;/h3*1-8,19H;1-6,15H;1-4,13H;;;;;;/q;;;;;+1;;;;;/p-1. The van der Waals surface area contributed by atoms with E-state index in [0.29, 0.717) is 22.7 Å². The minimum Gasteiger partial charge on any atom is -0.647 e. The Morgan fingerprint density at radius 1 is 0.341 bits per heavy atom. The zero-order chi connectivity index (χ0) is 65.1. The maximum atomic E-state index is 12.5. The Bertz CT molecular complexity index is 3790. The smallest absolute Gasteiger partial charge is 0.494 e. The molecule has 4 N–H and O–H groups in total. The SMILES string of the molecule is O=C(C=C(O)C(F)(F)F)c1ccc2ccccc2c1.O=C(C=C(O)C(F)(F)F)c1ccc2ccccc2c1.O=C(C=C(O)C(F)(F)F)c1ccccc1.O=C(C=C(O)C(F)(F)F)c1cccs1.O=C(C=C([O][AlH])C(F)(F)F)c1ccc2ccccc2c1.[Eu].[Eu].[Eu].[Tb]. The monoisotopic (exact) mass is 1880 g/mol. The predicted octanol–water partition coefficient (Wildman–Crippen LogP) is 17.2. The zero-order valence-corrected chi connectivity index (χ0v) is 56.8. The first-order valence-electron chi connectivity index (χ1n) is 23.9. The summed E-state index contributed by atoms with van der Waals surface area (Å²) in [6, 6.07) is 45.8. The largest absolute Gasteiger partial charge is 0.647 e. The summed E-state index contributed by atoms with van der Waals surface area (Å²) >= 11 is 1.69. The molecule has 0 unspecified atom stereocenters. The molecule has 0 atom stereocenters. The number of benzene rings is 7. The Kier molecular flexibility index (Phi) is 38.7. The van der Waals surface area contributed by atoms with Gasteiger partial charge in [-0.05, 0) is 62.0 Å². The van der Waals surface area contributed by atoms with Crippen LogP contribution in [-0.4, -0.2) is 96.8 Å². The van der Waals surface area contributed by atoms with Crippen LogP contribution >= 0.6 is 11.3 Å². The number of aliphatic hydroxyl groups excluding tert-OH is 4. The first-order chi connectivity index (χ1) is 40.5. The summed E-state index contributed by atoms with van der Waals surface area (Å²) in [6.45, 7) is 0. The topological polar surface area (TPSA) is 175 Å². The molecule has 1 heterocycles. The molecule has 0 aliphatic carbocycles. The summed E-state index contributed by atoms with van der Waals surface area (Å²) in [5, 5.41) is 41.0. The third-order valence-electron chi connectivity index (χ3n) is 10.9. The van der Waals surface area contributed by atoms with E-state index in [1.807, 2.05) is 36.4 Å². The Labute approximate surface area is 671 Å². The van der Waals surface area contributed by atoms with Gasteiger partial charge in [0.15, 0.2) is 34.7 Å². The number of carbonyl (C=O) groups is 5. The van der Waals surface area contributed by atoms with Gasteiger partial charge in [-0.25, -0.2) is 0 Å². The predicted molar refractivity (Wildman–Crippen MR) is 294 cm³/mol. The first-order valence-corrected chi connectivity index (χ1v) is 25.3. The summed E-state index contributed by atoms with van der Waals surface area (Å²) in [4.78, 5) is 57.4. The molecule has 31 heteroatoms. The van der Waals surface area contributed by atoms with Gasteiger partial charge >= 0.3 is 47.5 Å². The molecule has 0 aliphatic heterocycles. The van der Waals surface area contributed by atoms with Crippen LogP contribution < -0.4 is 0 Å². The normalized spacial score (nSPS) is 12.1. The van der Waals surface area contributed by atoms with E-state index < -0.39 is 88.6 Å². The average Bonchev–Trinajstić information content (AvgIpc) is 1.37. The quantitative estimate of drug-likeness (QED) is 0.0321. The third kappa shape index (κ3) is 30.1. The molecule has 8 rings (SSSR count). The van der Waals surface area contributed by atoms with Gasteiger partial charge in [0, 0.05) is 239 Å². The number of hydrogen-bond acceptors (Lipinski definition) is 11. The molecule has 1 aromatic heterocycles. The van der Waals surface area contributed by atoms with Crippen LogP contribution in [0.2, 0.25) is 0 Å². The minimum atomic E-state index is -4.91. The van der Waals surface area contributed by atoms with Crippen molar-refractivity contribution in [2.24, 2.45) is 0 Å². The van der Waals surface area contributed by atoms with Crippen LogP contribution in [-0.2, 0) is 3.79 Å². The fourth-order valence-corrected chi connectivity index (χ4v) is 7.48. The average molecular weight is 1880 g/mol. The fourth-order valence-electron chi connectivity index (χ4n) is 6.60. The van der Waals surface area contributed by atoms with E-state index in [2.05, 4.69) is 3.79 Å². The second-order valence-corrected chi connectivity index (χ2v) is 18.3. The van der Waals surface area contributed by atoms with E-state index >= 15 is 0 Å². The van der Waals surface area contributed by atoms with Crippen molar-refractivity contribution in [1.82, 2.24) is 0 Å². The molecule has 0 spiro atoms. The van der Waals surface area contributed by atoms with Crippen LogP contribution in [0.5, 0.6) is 0 Å². The number of halogens is 15. The van der Waals surface area contributed by atoms with E-state index in [9.17, 15) is 89.8 Å². The van der Waals surface area contributed by atoms with Crippen molar-refractivity contribution in [3.8, 4) is 0 Å².